The first-order chi connectivity index (χ1) is 7.72. The Bertz CT molecular complexity index is 513. The Morgan fingerprint density at radius 3 is 2.75 bits per heavy atom. The van der Waals surface area contributed by atoms with Gasteiger partial charge in [0.2, 0.25) is 5.76 Å². The fraction of sp³-hybridized carbons (Fsp3) is 0.0833. The number of rotatable bonds is 3. The van der Waals surface area contributed by atoms with E-state index in [1.807, 2.05) is 24.3 Å². The maximum atomic E-state index is 10.7. The van der Waals surface area contributed by atoms with Crippen LogP contribution in [0.1, 0.15) is 10.6 Å². The molecule has 1 heterocycles. The molecule has 0 aliphatic heterocycles. The predicted octanol–water partition coefficient (Wildman–Crippen LogP) is 2.65. The molecule has 0 amide bonds. The Kier molecular flexibility index (Phi) is 2.64. The molecule has 0 fully saturated rings. The Balaban J connectivity index is 2.46. The van der Waals surface area contributed by atoms with Gasteiger partial charge in [-0.25, -0.2) is 4.79 Å². The summed E-state index contributed by atoms with van der Waals surface area (Å²) in [4.78, 5) is 10.7. The van der Waals surface area contributed by atoms with Gasteiger partial charge in [-0.15, -0.1) is 0 Å². The number of para-hydroxylation sites is 1. The number of carboxylic acids is 1. The number of benzene rings is 1. The van der Waals surface area contributed by atoms with Crippen molar-refractivity contribution in [1.82, 2.24) is 0 Å². The van der Waals surface area contributed by atoms with E-state index in [-0.39, 0.29) is 5.76 Å². The van der Waals surface area contributed by atoms with E-state index in [0.29, 0.717) is 11.3 Å². The van der Waals surface area contributed by atoms with Crippen molar-refractivity contribution >= 4 is 5.97 Å². The van der Waals surface area contributed by atoms with Gasteiger partial charge in [-0.3, -0.25) is 0 Å². The van der Waals surface area contributed by atoms with Gasteiger partial charge >= 0.3 is 5.97 Å². The van der Waals surface area contributed by atoms with E-state index in [9.17, 15) is 4.79 Å². The van der Waals surface area contributed by atoms with Gasteiger partial charge in [-0.05, 0) is 12.1 Å². The van der Waals surface area contributed by atoms with Crippen LogP contribution in [0.5, 0.6) is 5.75 Å². The molecule has 16 heavy (non-hydrogen) atoms. The van der Waals surface area contributed by atoms with Crippen LogP contribution in [0.25, 0.3) is 11.1 Å². The third-order valence-corrected chi connectivity index (χ3v) is 2.23. The molecule has 0 radical (unpaired) electrons. The first-order valence-electron chi connectivity index (χ1n) is 4.67. The molecule has 82 valence electrons. The van der Waals surface area contributed by atoms with Gasteiger partial charge in [-0.1, -0.05) is 18.2 Å². The first kappa shape index (κ1) is 10.3. The summed E-state index contributed by atoms with van der Waals surface area (Å²) < 4.78 is 10.1. The largest absolute Gasteiger partial charge is 0.496 e. The molecule has 4 heteroatoms. The number of furan rings is 1. The molecular weight excluding hydrogens is 208 g/mol. The number of hydrogen-bond donors (Lipinski definition) is 1. The van der Waals surface area contributed by atoms with E-state index in [2.05, 4.69) is 0 Å². The molecule has 0 atom stereocenters. The predicted molar refractivity (Wildman–Crippen MR) is 57.7 cm³/mol. The lowest BCUT2D eigenvalue weighted by atomic mass is 10.1. The quantitative estimate of drug-likeness (QED) is 0.860. The van der Waals surface area contributed by atoms with Gasteiger partial charge in [0.15, 0.2) is 0 Å². The van der Waals surface area contributed by atoms with Crippen molar-refractivity contribution in [3.05, 3.63) is 42.4 Å². The molecule has 0 unspecified atom stereocenters. The second kappa shape index (κ2) is 4.10. The zero-order valence-corrected chi connectivity index (χ0v) is 8.64. The lowest BCUT2D eigenvalue weighted by Crippen LogP contribution is -1.91. The lowest BCUT2D eigenvalue weighted by molar-refractivity contribution is 0.0662. The van der Waals surface area contributed by atoms with Gasteiger partial charge in [-0.2, -0.15) is 0 Å². The van der Waals surface area contributed by atoms with Gasteiger partial charge in [0.1, 0.15) is 5.75 Å². The summed E-state index contributed by atoms with van der Waals surface area (Å²) in [5.74, 6) is -0.484. The summed E-state index contributed by atoms with van der Waals surface area (Å²) in [7, 11) is 1.57. The van der Waals surface area contributed by atoms with Gasteiger partial charge in [0.05, 0.1) is 13.4 Å². The standard InChI is InChI=1S/C12H10O4/c1-15-10-5-3-2-4-9(10)8-6-11(12(13)14)16-7-8/h2-7H,1H3,(H,13,14). The normalized spacial score (nSPS) is 10.1. The van der Waals surface area contributed by atoms with Crippen molar-refractivity contribution < 1.29 is 19.1 Å². The van der Waals surface area contributed by atoms with Crippen molar-refractivity contribution in [2.24, 2.45) is 0 Å². The second-order valence-corrected chi connectivity index (χ2v) is 3.21. The average Bonchev–Trinajstić information content (AvgIpc) is 2.78. The van der Waals surface area contributed by atoms with Crippen LogP contribution in [0.15, 0.2) is 41.0 Å². The van der Waals surface area contributed by atoms with Gasteiger partial charge in [0.25, 0.3) is 0 Å². The summed E-state index contributed by atoms with van der Waals surface area (Å²) in [6, 6.07) is 8.82. The Hall–Kier alpha value is -2.23. The monoisotopic (exact) mass is 218 g/mol. The first-order valence-corrected chi connectivity index (χ1v) is 4.67. The van der Waals surface area contributed by atoms with Crippen LogP contribution in [-0.2, 0) is 0 Å². The maximum Gasteiger partial charge on any atom is 0.371 e. The van der Waals surface area contributed by atoms with Crippen molar-refractivity contribution in [2.75, 3.05) is 7.11 Å². The molecule has 1 aromatic heterocycles. The van der Waals surface area contributed by atoms with Crippen molar-refractivity contribution in [3.63, 3.8) is 0 Å². The van der Waals surface area contributed by atoms with Crippen molar-refractivity contribution in [2.45, 2.75) is 0 Å². The summed E-state index contributed by atoms with van der Waals surface area (Å²) >= 11 is 0. The molecule has 0 aliphatic carbocycles. The van der Waals surface area contributed by atoms with Crippen LogP contribution >= 0.6 is 0 Å². The number of carbonyl (C=O) groups is 1. The maximum absolute atomic E-state index is 10.7. The summed E-state index contributed by atoms with van der Waals surface area (Å²) in [6.45, 7) is 0. The number of ether oxygens (including phenoxy) is 1. The molecule has 2 rings (SSSR count). The molecule has 0 spiro atoms. The van der Waals surface area contributed by atoms with Crippen LogP contribution in [0.3, 0.4) is 0 Å². The Morgan fingerprint density at radius 1 is 1.38 bits per heavy atom. The zero-order chi connectivity index (χ0) is 11.5. The highest BCUT2D eigenvalue weighted by Crippen LogP contribution is 2.30. The van der Waals surface area contributed by atoms with Crippen molar-refractivity contribution in [3.8, 4) is 16.9 Å². The molecule has 1 aromatic carbocycles. The average molecular weight is 218 g/mol. The number of carboxylic acid groups (broad SMARTS) is 1. The van der Waals surface area contributed by atoms with E-state index < -0.39 is 5.97 Å². The highest BCUT2D eigenvalue weighted by Gasteiger charge is 2.12. The third-order valence-electron chi connectivity index (χ3n) is 2.23. The smallest absolute Gasteiger partial charge is 0.371 e. The van der Waals surface area contributed by atoms with E-state index in [1.54, 1.807) is 7.11 Å². The van der Waals surface area contributed by atoms with E-state index >= 15 is 0 Å². The van der Waals surface area contributed by atoms with Crippen molar-refractivity contribution in [1.29, 1.82) is 0 Å². The molecular formula is C12H10O4. The molecule has 2 aromatic rings. The molecule has 4 nitrogen and oxygen atoms in total. The van der Waals surface area contributed by atoms with Crippen LogP contribution in [0.2, 0.25) is 0 Å². The third kappa shape index (κ3) is 1.77. The van der Waals surface area contributed by atoms with Gasteiger partial charge in [0, 0.05) is 11.1 Å². The molecule has 0 aliphatic rings. The van der Waals surface area contributed by atoms with Crippen LogP contribution < -0.4 is 4.74 Å². The number of hydrogen-bond acceptors (Lipinski definition) is 3. The topological polar surface area (TPSA) is 59.7 Å². The van der Waals surface area contributed by atoms with Gasteiger partial charge < -0.3 is 14.3 Å². The lowest BCUT2D eigenvalue weighted by Gasteiger charge is -2.04. The minimum atomic E-state index is -1.08. The summed E-state index contributed by atoms with van der Waals surface area (Å²) in [6.07, 6.45) is 1.40. The Labute approximate surface area is 92.1 Å². The van der Waals surface area contributed by atoms with Crippen LogP contribution in [-0.4, -0.2) is 18.2 Å². The summed E-state index contributed by atoms with van der Waals surface area (Å²) in [5, 5.41) is 8.75. The van der Waals surface area contributed by atoms with E-state index in [4.69, 9.17) is 14.3 Å². The highest BCUT2D eigenvalue weighted by atomic mass is 16.5. The molecule has 0 saturated carbocycles. The summed E-state index contributed by atoms with van der Waals surface area (Å²) in [5.41, 5.74) is 1.50. The fourth-order valence-electron chi connectivity index (χ4n) is 1.47. The molecule has 0 bridgehead atoms. The minimum absolute atomic E-state index is 0.0825. The highest BCUT2D eigenvalue weighted by molar-refractivity contribution is 5.86. The van der Waals surface area contributed by atoms with Crippen LogP contribution in [0.4, 0.5) is 0 Å². The fourth-order valence-corrected chi connectivity index (χ4v) is 1.47. The SMILES string of the molecule is COc1ccccc1-c1coc(C(=O)O)c1. The van der Waals surface area contributed by atoms with E-state index in [0.717, 1.165) is 5.56 Å². The minimum Gasteiger partial charge on any atom is -0.496 e. The van der Waals surface area contributed by atoms with E-state index in [1.165, 1.54) is 12.3 Å². The Morgan fingerprint density at radius 2 is 2.12 bits per heavy atom. The number of methoxy groups -OCH3 is 1. The molecule has 1 N–H and O–H groups in total. The molecule has 0 saturated heterocycles. The number of aromatic carboxylic acids is 1. The zero-order valence-electron chi connectivity index (χ0n) is 8.64. The second-order valence-electron chi connectivity index (χ2n) is 3.21. The van der Waals surface area contributed by atoms with Crippen LogP contribution in [0, 0.1) is 0 Å².